The molecule has 2 N–H and O–H groups in total. The average Bonchev–Trinajstić information content (AvgIpc) is 3.17. The molecule has 0 saturated heterocycles. The standard InChI is InChI=1S/C21H22FN5O2S/c1-2-27-18(13-24-20(29)16-8-10-17(22)11-9-16)25-26-21(27)30-14-19(28)23-12-15-6-4-3-5-7-15/h3-11H,2,12-14H2,1H3,(H,23,28)(H,24,29). The molecule has 156 valence electrons. The van der Waals surface area contributed by atoms with Crippen molar-refractivity contribution < 1.29 is 14.0 Å². The van der Waals surface area contributed by atoms with E-state index in [1.54, 1.807) is 0 Å². The first-order valence-corrected chi connectivity index (χ1v) is 10.4. The van der Waals surface area contributed by atoms with Gasteiger partial charge in [-0.05, 0) is 36.8 Å². The van der Waals surface area contributed by atoms with Crippen molar-refractivity contribution in [2.45, 2.75) is 31.7 Å². The lowest BCUT2D eigenvalue weighted by Gasteiger charge is -2.09. The van der Waals surface area contributed by atoms with Gasteiger partial charge in [0, 0.05) is 18.7 Å². The number of halogens is 1. The molecule has 3 rings (SSSR count). The van der Waals surface area contributed by atoms with Crippen LogP contribution in [0.3, 0.4) is 0 Å². The van der Waals surface area contributed by atoms with E-state index in [2.05, 4.69) is 20.8 Å². The largest absolute Gasteiger partial charge is 0.351 e. The number of carbonyl (C=O) groups excluding carboxylic acids is 2. The predicted molar refractivity (Wildman–Crippen MR) is 112 cm³/mol. The van der Waals surface area contributed by atoms with Crippen molar-refractivity contribution in [3.63, 3.8) is 0 Å². The number of rotatable bonds is 9. The second-order valence-corrected chi connectivity index (χ2v) is 7.33. The van der Waals surface area contributed by atoms with Crippen molar-refractivity contribution in [1.29, 1.82) is 0 Å². The van der Waals surface area contributed by atoms with E-state index >= 15 is 0 Å². The van der Waals surface area contributed by atoms with Crippen LogP contribution in [0, 0.1) is 5.82 Å². The fourth-order valence-corrected chi connectivity index (χ4v) is 3.57. The molecule has 2 aromatic carbocycles. The van der Waals surface area contributed by atoms with Crippen molar-refractivity contribution in [3.05, 3.63) is 77.4 Å². The van der Waals surface area contributed by atoms with Crippen molar-refractivity contribution in [3.8, 4) is 0 Å². The van der Waals surface area contributed by atoms with Gasteiger partial charge in [0.05, 0.1) is 12.3 Å². The summed E-state index contributed by atoms with van der Waals surface area (Å²) in [5, 5.41) is 14.5. The topological polar surface area (TPSA) is 88.9 Å². The number of aromatic nitrogens is 3. The Morgan fingerprint density at radius 3 is 2.43 bits per heavy atom. The monoisotopic (exact) mass is 427 g/mol. The summed E-state index contributed by atoms with van der Waals surface area (Å²) in [6, 6.07) is 15.0. The summed E-state index contributed by atoms with van der Waals surface area (Å²) in [6.45, 7) is 3.19. The van der Waals surface area contributed by atoms with E-state index in [9.17, 15) is 14.0 Å². The number of nitrogens with one attached hydrogen (secondary N) is 2. The molecule has 0 aliphatic carbocycles. The van der Waals surface area contributed by atoms with Gasteiger partial charge in [0.2, 0.25) is 5.91 Å². The van der Waals surface area contributed by atoms with Crippen LogP contribution in [0.5, 0.6) is 0 Å². The fraction of sp³-hybridized carbons (Fsp3) is 0.238. The summed E-state index contributed by atoms with van der Waals surface area (Å²) in [6.07, 6.45) is 0. The highest BCUT2D eigenvalue weighted by atomic mass is 32.2. The molecule has 1 aromatic heterocycles. The van der Waals surface area contributed by atoms with Crippen LogP contribution in [0.4, 0.5) is 4.39 Å². The first kappa shape index (κ1) is 21.5. The van der Waals surface area contributed by atoms with Crippen molar-refractivity contribution in [2.75, 3.05) is 5.75 Å². The van der Waals surface area contributed by atoms with Gasteiger partial charge in [-0.1, -0.05) is 42.1 Å². The van der Waals surface area contributed by atoms with Crippen LogP contribution < -0.4 is 10.6 Å². The molecular weight excluding hydrogens is 405 g/mol. The summed E-state index contributed by atoms with van der Waals surface area (Å²) in [7, 11) is 0. The molecule has 0 aliphatic rings. The Hall–Kier alpha value is -3.20. The zero-order valence-electron chi connectivity index (χ0n) is 16.5. The van der Waals surface area contributed by atoms with Gasteiger partial charge in [-0.15, -0.1) is 10.2 Å². The highest BCUT2D eigenvalue weighted by Gasteiger charge is 2.14. The molecule has 3 aromatic rings. The molecule has 0 aliphatic heterocycles. The summed E-state index contributed by atoms with van der Waals surface area (Å²) in [5.41, 5.74) is 1.40. The van der Waals surface area contributed by atoms with Crippen LogP contribution in [0.25, 0.3) is 0 Å². The Kier molecular flexibility index (Phi) is 7.56. The smallest absolute Gasteiger partial charge is 0.251 e. The summed E-state index contributed by atoms with van der Waals surface area (Å²) in [5.74, 6) is -0.0184. The minimum atomic E-state index is -0.397. The maximum Gasteiger partial charge on any atom is 0.251 e. The number of thioether (sulfide) groups is 1. The normalized spacial score (nSPS) is 10.6. The van der Waals surface area contributed by atoms with Gasteiger partial charge in [-0.2, -0.15) is 0 Å². The Morgan fingerprint density at radius 2 is 1.73 bits per heavy atom. The van der Waals surface area contributed by atoms with Gasteiger partial charge in [0.15, 0.2) is 11.0 Å². The third kappa shape index (κ3) is 5.90. The Bertz CT molecular complexity index is 992. The number of amides is 2. The SMILES string of the molecule is CCn1c(CNC(=O)c2ccc(F)cc2)nnc1SCC(=O)NCc1ccccc1. The number of benzene rings is 2. The minimum Gasteiger partial charge on any atom is -0.351 e. The Balaban J connectivity index is 1.51. The quantitative estimate of drug-likeness (QED) is 0.513. The van der Waals surface area contributed by atoms with Crippen LogP contribution in [0.2, 0.25) is 0 Å². The number of nitrogens with zero attached hydrogens (tertiary/aromatic N) is 3. The van der Waals surface area contributed by atoms with E-state index in [0.717, 1.165) is 5.56 Å². The molecule has 30 heavy (non-hydrogen) atoms. The lowest BCUT2D eigenvalue weighted by atomic mass is 10.2. The summed E-state index contributed by atoms with van der Waals surface area (Å²) >= 11 is 1.29. The van der Waals surface area contributed by atoms with Crippen molar-refractivity contribution in [2.24, 2.45) is 0 Å². The van der Waals surface area contributed by atoms with Crippen LogP contribution in [0.15, 0.2) is 59.8 Å². The zero-order chi connectivity index (χ0) is 21.3. The minimum absolute atomic E-state index is 0.0966. The first-order chi connectivity index (χ1) is 14.6. The average molecular weight is 428 g/mol. The van der Waals surface area contributed by atoms with E-state index in [-0.39, 0.29) is 24.1 Å². The van der Waals surface area contributed by atoms with Gasteiger partial charge in [0.25, 0.3) is 5.91 Å². The van der Waals surface area contributed by atoms with Crippen molar-refractivity contribution >= 4 is 23.6 Å². The molecule has 0 radical (unpaired) electrons. The lowest BCUT2D eigenvalue weighted by Crippen LogP contribution is -2.25. The molecule has 0 atom stereocenters. The number of carbonyl (C=O) groups is 2. The number of hydrogen-bond donors (Lipinski definition) is 2. The highest BCUT2D eigenvalue weighted by Crippen LogP contribution is 2.17. The maximum atomic E-state index is 13.0. The van der Waals surface area contributed by atoms with Gasteiger partial charge in [-0.25, -0.2) is 4.39 Å². The second kappa shape index (κ2) is 10.5. The third-order valence-electron chi connectivity index (χ3n) is 4.29. The maximum absolute atomic E-state index is 13.0. The molecular formula is C21H22FN5O2S. The van der Waals surface area contributed by atoms with Gasteiger partial charge in [0.1, 0.15) is 5.82 Å². The van der Waals surface area contributed by atoms with Gasteiger partial charge < -0.3 is 15.2 Å². The third-order valence-corrected chi connectivity index (χ3v) is 5.25. The molecule has 0 saturated carbocycles. The molecule has 9 heteroatoms. The highest BCUT2D eigenvalue weighted by molar-refractivity contribution is 7.99. The molecule has 2 amide bonds. The van der Waals surface area contributed by atoms with E-state index in [0.29, 0.717) is 29.6 Å². The molecule has 0 bridgehead atoms. The van der Waals surface area contributed by atoms with Crippen molar-refractivity contribution in [1.82, 2.24) is 25.4 Å². The van der Waals surface area contributed by atoms with E-state index in [4.69, 9.17) is 0 Å². The zero-order valence-corrected chi connectivity index (χ0v) is 17.3. The van der Waals surface area contributed by atoms with Gasteiger partial charge in [-0.3, -0.25) is 9.59 Å². The van der Waals surface area contributed by atoms with E-state index in [1.165, 1.54) is 36.0 Å². The fourth-order valence-electron chi connectivity index (χ4n) is 2.71. The number of hydrogen-bond acceptors (Lipinski definition) is 5. The Morgan fingerprint density at radius 1 is 1.00 bits per heavy atom. The summed E-state index contributed by atoms with van der Waals surface area (Å²) in [4.78, 5) is 24.3. The van der Waals surface area contributed by atoms with E-state index in [1.807, 2.05) is 41.8 Å². The molecule has 0 fully saturated rings. The molecule has 0 spiro atoms. The predicted octanol–water partition coefficient (Wildman–Crippen LogP) is 2.78. The van der Waals surface area contributed by atoms with Crippen LogP contribution >= 0.6 is 11.8 Å². The van der Waals surface area contributed by atoms with Crippen LogP contribution in [-0.4, -0.2) is 32.3 Å². The molecule has 0 unspecified atom stereocenters. The van der Waals surface area contributed by atoms with Gasteiger partial charge >= 0.3 is 0 Å². The molecule has 7 nitrogen and oxygen atoms in total. The van der Waals surface area contributed by atoms with Crippen LogP contribution in [-0.2, 0) is 24.4 Å². The first-order valence-electron chi connectivity index (χ1n) is 9.46. The van der Waals surface area contributed by atoms with E-state index < -0.39 is 5.82 Å². The molecule has 1 heterocycles. The van der Waals surface area contributed by atoms with Crippen LogP contribution in [0.1, 0.15) is 28.7 Å². The second-order valence-electron chi connectivity index (χ2n) is 6.38. The summed E-state index contributed by atoms with van der Waals surface area (Å²) < 4.78 is 14.8. The Labute approximate surface area is 178 Å². The lowest BCUT2D eigenvalue weighted by molar-refractivity contribution is -0.118.